The van der Waals surface area contributed by atoms with E-state index >= 15 is 0 Å². The maximum absolute atomic E-state index is 12.1. The number of carboxylic acids is 1. The Bertz CT molecular complexity index is 744. The molecule has 0 atom stereocenters. The van der Waals surface area contributed by atoms with Gasteiger partial charge in [-0.1, -0.05) is 6.07 Å². The SMILES string of the molecule is O=C(O)C(=O)Nc1cccc(Oc2ccc(OC(F)(F)F)cc2)c1. The van der Waals surface area contributed by atoms with Gasteiger partial charge in [-0.2, -0.15) is 0 Å². The average Bonchev–Trinajstić information content (AvgIpc) is 2.48. The zero-order chi connectivity index (χ0) is 17.7. The van der Waals surface area contributed by atoms with Crippen molar-refractivity contribution in [2.45, 2.75) is 6.36 Å². The van der Waals surface area contributed by atoms with Crippen LogP contribution in [0.15, 0.2) is 48.5 Å². The van der Waals surface area contributed by atoms with Gasteiger partial charge in [-0.05, 0) is 36.4 Å². The molecule has 0 heterocycles. The van der Waals surface area contributed by atoms with Gasteiger partial charge in [-0.3, -0.25) is 4.79 Å². The summed E-state index contributed by atoms with van der Waals surface area (Å²) in [5, 5.41) is 10.7. The number of halogens is 3. The molecule has 0 aliphatic heterocycles. The smallest absolute Gasteiger partial charge is 0.474 e. The van der Waals surface area contributed by atoms with Crippen molar-refractivity contribution in [2.24, 2.45) is 0 Å². The number of nitrogens with one attached hydrogen (secondary N) is 1. The van der Waals surface area contributed by atoms with Gasteiger partial charge in [0.2, 0.25) is 0 Å². The van der Waals surface area contributed by atoms with Crippen LogP contribution in [0.2, 0.25) is 0 Å². The van der Waals surface area contributed by atoms with E-state index in [4.69, 9.17) is 9.84 Å². The maximum Gasteiger partial charge on any atom is 0.573 e. The largest absolute Gasteiger partial charge is 0.573 e. The third-order valence-electron chi connectivity index (χ3n) is 2.58. The predicted molar refractivity (Wildman–Crippen MR) is 75.9 cm³/mol. The number of ether oxygens (including phenoxy) is 2. The van der Waals surface area contributed by atoms with Gasteiger partial charge in [-0.25, -0.2) is 4.79 Å². The first kappa shape index (κ1) is 17.1. The number of hydrogen-bond acceptors (Lipinski definition) is 4. The van der Waals surface area contributed by atoms with Crippen molar-refractivity contribution in [1.82, 2.24) is 0 Å². The van der Waals surface area contributed by atoms with E-state index in [2.05, 4.69) is 10.1 Å². The van der Waals surface area contributed by atoms with Crippen LogP contribution in [0.5, 0.6) is 17.2 Å². The number of anilines is 1. The molecule has 0 saturated heterocycles. The molecule has 2 aromatic carbocycles. The van der Waals surface area contributed by atoms with Crippen LogP contribution in [0.3, 0.4) is 0 Å². The molecule has 126 valence electrons. The first-order valence-corrected chi connectivity index (χ1v) is 6.41. The summed E-state index contributed by atoms with van der Waals surface area (Å²) in [6.07, 6.45) is -4.78. The Morgan fingerprint density at radius 1 is 0.958 bits per heavy atom. The van der Waals surface area contributed by atoms with Gasteiger partial charge in [0.05, 0.1) is 0 Å². The lowest BCUT2D eigenvalue weighted by Crippen LogP contribution is -2.21. The van der Waals surface area contributed by atoms with Crippen LogP contribution in [0.25, 0.3) is 0 Å². The minimum atomic E-state index is -4.78. The summed E-state index contributed by atoms with van der Waals surface area (Å²) < 4.78 is 45.3. The number of rotatable bonds is 4. The molecule has 0 radical (unpaired) electrons. The minimum absolute atomic E-state index is 0.192. The van der Waals surface area contributed by atoms with Crippen molar-refractivity contribution in [3.63, 3.8) is 0 Å². The van der Waals surface area contributed by atoms with Gasteiger partial charge < -0.3 is 19.9 Å². The molecule has 0 fully saturated rings. The standard InChI is InChI=1S/C15H10F3NO5/c16-15(17,18)24-11-6-4-10(5-7-11)23-12-3-1-2-9(8-12)19-13(20)14(21)22/h1-8H,(H,19,20)(H,21,22). The molecule has 2 aromatic rings. The molecular weight excluding hydrogens is 331 g/mol. The molecule has 6 nitrogen and oxygen atoms in total. The van der Waals surface area contributed by atoms with Crippen molar-refractivity contribution in [1.29, 1.82) is 0 Å². The molecular formula is C15H10F3NO5. The zero-order valence-electron chi connectivity index (χ0n) is 11.8. The average molecular weight is 341 g/mol. The number of aliphatic carboxylic acids is 1. The molecule has 0 bridgehead atoms. The fourth-order valence-electron chi connectivity index (χ4n) is 1.67. The van der Waals surface area contributed by atoms with E-state index in [9.17, 15) is 22.8 Å². The zero-order valence-corrected chi connectivity index (χ0v) is 11.8. The number of alkyl halides is 3. The Morgan fingerprint density at radius 2 is 1.58 bits per heavy atom. The molecule has 1 amide bonds. The van der Waals surface area contributed by atoms with Crippen molar-refractivity contribution >= 4 is 17.6 Å². The molecule has 0 spiro atoms. The quantitative estimate of drug-likeness (QED) is 0.833. The molecule has 0 saturated carbocycles. The summed E-state index contributed by atoms with van der Waals surface area (Å²) in [5.41, 5.74) is 0.192. The van der Waals surface area contributed by atoms with Crippen molar-refractivity contribution in [3.8, 4) is 17.2 Å². The first-order chi connectivity index (χ1) is 11.2. The van der Waals surface area contributed by atoms with Crippen LogP contribution in [0.4, 0.5) is 18.9 Å². The van der Waals surface area contributed by atoms with Crippen LogP contribution >= 0.6 is 0 Å². The fourth-order valence-corrected chi connectivity index (χ4v) is 1.67. The Labute approximate surface area is 133 Å². The summed E-state index contributed by atoms with van der Waals surface area (Å²) >= 11 is 0. The number of benzene rings is 2. The monoisotopic (exact) mass is 341 g/mol. The van der Waals surface area contributed by atoms with Gasteiger partial charge >= 0.3 is 18.2 Å². The summed E-state index contributed by atoms with van der Waals surface area (Å²) in [5.74, 6) is -2.76. The third-order valence-corrected chi connectivity index (χ3v) is 2.58. The van der Waals surface area contributed by atoms with Gasteiger partial charge in [0, 0.05) is 11.8 Å². The number of hydrogen-bond donors (Lipinski definition) is 2. The Hall–Kier alpha value is -3.23. The lowest BCUT2D eigenvalue weighted by atomic mass is 10.3. The lowest BCUT2D eigenvalue weighted by molar-refractivity contribution is -0.274. The van der Waals surface area contributed by atoms with Gasteiger partial charge in [0.1, 0.15) is 17.2 Å². The Morgan fingerprint density at radius 3 is 2.17 bits per heavy atom. The highest BCUT2D eigenvalue weighted by molar-refractivity contribution is 6.36. The topological polar surface area (TPSA) is 84.9 Å². The van der Waals surface area contributed by atoms with Crippen molar-refractivity contribution < 1.29 is 37.3 Å². The molecule has 0 unspecified atom stereocenters. The highest BCUT2D eigenvalue weighted by atomic mass is 19.4. The van der Waals surface area contributed by atoms with Crippen molar-refractivity contribution in [3.05, 3.63) is 48.5 Å². The summed E-state index contributed by atoms with van der Waals surface area (Å²) in [6.45, 7) is 0. The number of carbonyl (C=O) groups is 2. The van der Waals surface area contributed by atoms with E-state index in [0.29, 0.717) is 0 Å². The van der Waals surface area contributed by atoms with Crippen LogP contribution in [0.1, 0.15) is 0 Å². The van der Waals surface area contributed by atoms with Gasteiger partial charge in [0.25, 0.3) is 0 Å². The van der Waals surface area contributed by atoms with Gasteiger partial charge in [0.15, 0.2) is 0 Å². The minimum Gasteiger partial charge on any atom is -0.474 e. The van der Waals surface area contributed by atoms with E-state index in [-0.39, 0.29) is 17.2 Å². The summed E-state index contributed by atoms with van der Waals surface area (Å²) in [4.78, 5) is 21.6. The molecule has 24 heavy (non-hydrogen) atoms. The van der Waals surface area contributed by atoms with Crippen LogP contribution in [-0.4, -0.2) is 23.3 Å². The summed E-state index contributed by atoms with van der Waals surface area (Å²) in [6, 6.07) is 10.5. The van der Waals surface area contributed by atoms with E-state index in [0.717, 1.165) is 12.1 Å². The number of amides is 1. The second-order valence-corrected chi connectivity index (χ2v) is 4.41. The molecule has 2 rings (SSSR count). The molecule has 2 N–H and O–H groups in total. The van der Waals surface area contributed by atoms with Crippen molar-refractivity contribution in [2.75, 3.05) is 5.32 Å². The highest BCUT2D eigenvalue weighted by Gasteiger charge is 2.30. The van der Waals surface area contributed by atoms with E-state index in [1.54, 1.807) is 0 Å². The number of carbonyl (C=O) groups excluding carboxylic acids is 1. The van der Waals surface area contributed by atoms with E-state index < -0.39 is 24.0 Å². The van der Waals surface area contributed by atoms with E-state index in [1.807, 2.05) is 0 Å². The van der Waals surface area contributed by atoms with Crippen LogP contribution in [0, 0.1) is 0 Å². The molecule has 9 heteroatoms. The fraction of sp³-hybridized carbons (Fsp3) is 0.0667. The summed E-state index contributed by atoms with van der Waals surface area (Å²) in [7, 11) is 0. The second kappa shape index (κ2) is 6.90. The molecule has 0 aliphatic rings. The third kappa shape index (κ3) is 5.20. The van der Waals surface area contributed by atoms with Gasteiger partial charge in [-0.15, -0.1) is 13.2 Å². The molecule has 0 aromatic heterocycles. The normalized spacial score (nSPS) is 10.8. The first-order valence-electron chi connectivity index (χ1n) is 6.41. The Kier molecular flexibility index (Phi) is 4.93. The van der Waals surface area contributed by atoms with Crippen LogP contribution < -0.4 is 14.8 Å². The Balaban J connectivity index is 2.05. The number of carboxylic acid groups (broad SMARTS) is 1. The lowest BCUT2D eigenvalue weighted by Gasteiger charge is -2.10. The second-order valence-electron chi connectivity index (χ2n) is 4.41. The van der Waals surface area contributed by atoms with E-state index in [1.165, 1.54) is 36.4 Å². The maximum atomic E-state index is 12.1. The highest BCUT2D eigenvalue weighted by Crippen LogP contribution is 2.28. The van der Waals surface area contributed by atoms with Crippen LogP contribution in [-0.2, 0) is 9.59 Å². The molecule has 0 aliphatic carbocycles. The predicted octanol–water partition coefficient (Wildman–Crippen LogP) is 3.40.